The molecule has 20 heavy (non-hydrogen) atoms. The number of aromatic nitrogens is 4. The number of aliphatic hydroxyl groups excluding tert-OH is 3. The summed E-state index contributed by atoms with van der Waals surface area (Å²) in [5, 5.41) is 29.6. The van der Waals surface area contributed by atoms with Gasteiger partial charge in [-0.25, -0.2) is 9.97 Å². The molecular formula is C11H14N4O4S. The quantitative estimate of drug-likeness (QED) is 0.524. The van der Waals surface area contributed by atoms with Crippen molar-refractivity contribution in [2.24, 2.45) is 0 Å². The number of rotatable bonds is 1. The first-order chi connectivity index (χ1) is 9.50. The van der Waals surface area contributed by atoms with Gasteiger partial charge in [-0.05, 0) is 6.92 Å². The van der Waals surface area contributed by atoms with Gasteiger partial charge in [-0.3, -0.25) is 4.57 Å². The van der Waals surface area contributed by atoms with Gasteiger partial charge in [-0.2, -0.15) is 0 Å². The molecule has 1 fully saturated rings. The smallest absolute Gasteiger partial charge is 0.165 e. The number of nitrogens with one attached hydrogen (secondary N) is 1. The van der Waals surface area contributed by atoms with Crippen LogP contribution < -0.4 is 0 Å². The Morgan fingerprint density at radius 1 is 1.25 bits per heavy atom. The molecule has 2 aromatic rings. The van der Waals surface area contributed by atoms with Gasteiger partial charge in [0, 0.05) is 0 Å². The Hall–Kier alpha value is -1.39. The monoisotopic (exact) mass is 298 g/mol. The number of aliphatic hydroxyl groups is 3. The van der Waals surface area contributed by atoms with Crippen molar-refractivity contribution in [2.45, 2.75) is 37.6 Å². The normalized spacial score (nSPS) is 34.5. The van der Waals surface area contributed by atoms with Crippen molar-refractivity contribution in [2.75, 3.05) is 0 Å². The van der Waals surface area contributed by atoms with Gasteiger partial charge in [0.1, 0.15) is 29.5 Å². The highest BCUT2D eigenvalue weighted by molar-refractivity contribution is 7.71. The summed E-state index contributed by atoms with van der Waals surface area (Å²) >= 11 is 5.06. The summed E-state index contributed by atoms with van der Waals surface area (Å²) in [7, 11) is 0. The van der Waals surface area contributed by atoms with E-state index in [0.29, 0.717) is 15.8 Å². The Kier molecular flexibility index (Phi) is 3.30. The fraction of sp³-hybridized carbons (Fsp3) is 0.545. The summed E-state index contributed by atoms with van der Waals surface area (Å²) in [6.07, 6.45) is -2.35. The van der Waals surface area contributed by atoms with Crippen molar-refractivity contribution in [3.05, 3.63) is 17.3 Å². The molecule has 3 rings (SSSR count). The van der Waals surface area contributed by atoms with E-state index < -0.39 is 30.6 Å². The van der Waals surface area contributed by atoms with E-state index in [4.69, 9.17) is 17.0 Å². The topological polar surface area (TPSA) is 116 Å². The Morgan fingerprint density at radius 3 is 2.75 bits per heavy atom. The lowest BCUT2D eigenvalue weighted by atomic mass is 9.99. The lowest BCUT2D eigenvalue weighted by Gasteiger charge is -2.39. The number of nitrogens with zero attached hydrogens (tertiary/aromatic N) is 3. The summed E-state index contributed by atoms with van der Waals surface area (Å²) < 4.78 is 7.42. The van der Waals surface area contributed by atoms with E-state index in [0.717, 1.165) is 0 Å². The van der Waals surface area contributed by atoms with Gasteiger partial charge in [0.25, 0.3) is 0 Å². The lowest BCUT2D eigenvalue weighted by Crippen LogP contribution is -2.54. The zero-order valence-corrected chi connectivity index (χ0v) is 11.4. The van der Waals surface area contributed by atoms with Crippen LogP contribution in [0.4, 0.5) is 0 Å². The van der Waals surface area contributed by atoms with Crippen LogP contribution in [0.5, 0.6) is 0 Å². The summed E-state index contributed by atoms with van der Waals surface area (Å²) in [4.78, 5) is 10.9. The minimum atomic E-state index is -1.30. The van der Waals surface area contributed by atoms with E-state index in [9.17, 15) is 15.3 Å². The summed E-state index contributed by atoms with van der Waals surface area (Å²) in [6, 6.07) is 0. The van der Waals surface area contributed by atoms with Crippen LogP contribution in [0.25, 0.3) is 11.2 Å². The third kappa shape index (κ3) is 1.95. The molecule has 0 spiro atoms. The first kappa shape index (κ1) is 13.6. The highest BCUT2D eigenvalue weighted by Crippen LogP contribution is 2.29. The number of hydrogen-bond donors (Lipinski definition) is 4. The van der Waals surface area contributed by atoms with Crippen LogP contribution in [0.2, 0.25) is 0 Å². The van der Waals surface area contributed by atoms with Crippen molar-refractivity contribution in [1.29, 1.82) is 0 Å². The van der Waals surface area contributed by atoms with Gasteiger partial charge >= 0.3 is 0 Å². The fourth-order valence-corrected chi connectivity index (χ4v) is 2.53. The molecule has 2 aromatic heterocycles. The number of fused-ring (bicyclic) bond motifs is 1. The molecule has 4 N–H and O–H groups in total. The molecular weight excluding hydrogens is 284 g/mol. The summed E-state index contributed by atoms with van der Waals surface area (Å²) in [5.41, 5.74) is 1.01. The Balaban J connectivity index is 2.07. The number of hydrogen-bond acceptors (Lipinski definition) is 7. The molecule has 9 heteroatoms. The molecule has 0 aliphatic carbocycles. The van der Waals surface area contributed by atoms with E-state index in [2.05, 4.69) is 15.0 Å². The Morgan fingerprint density at radius 2 is 2.00 bits per heavy atom. The molecule has 1 aliphatic heterocycles. The number of H-pyrrole nitrogens is 1. The number of ether oxygens (including phenoxy) is 1. The molecule has 1 aliphatic rings. The van der Waals surface area contributed by atoms with Gasteiger partial charge in [0.2, 0.25) is 0 Å². The first-order valence-electron chi connectivity index (χ1n) is 6.10. The van der Waals surface area contributed by atoms with E-state index in [1.165, 1.54) is 17.2 Å². The van der Waals surface area contributed by atoms with Gasteiger partial charge in [-0.1, -0.05) is 12.2 Å². The molecule has 1 saturated heterocycles. The predicted octanol–water partition coefficient (Wildman–Crippen LogP) is -0.511. The molecule has 8 nitrogen and oxygen atoms in total. The van der Waals surface area contributed by atoms with E-state index in [-0.39, 0.29) is 0 Å². The third-order valence-electron chi connectivity index (χ3n) is 3.48. The van der Waals surface area contributed by atoms with E-state index in [1.807, 2.05) is 0 Å². The fourth-order valence-electron chi connectivity index (χ4n) is 2.33. The number of aromatic amines is 1. The van der Waals surface area contributed by atoms with Gasteiger partial charge in [0.15, 0.2) is 10.9 Å². The second-order valence-corrected chi connectivity index (χ2v) is 5.15. The molecule has 0 bridgehead atoms. The minimum absolute atomic E-state index is 0.330. The molecule has 3 heterocycles. The largest absolute Gasteiger partial charge is 0.388 e. The lowest BCUT2D eigenvalue weighted by molar-refractivity contribution is -0.239. The summed E-state index contributed by atoms with van der Waals surface area (Å²) in [5.74, 6) is 0. The zero-order chi connectivity index (χ0) is 14.4. The highest BCUT2D eigenvalue weighted by atomic mass is 32.1. The van der Waals surface area contributed by atoms with Gasteiger partial charge < -0.3 is 25.0 Å². The van der Waals surface area contributed by atoms with Crippen molar-refractivity contribution in [1.82, 2.24) is 19.5 Å². The van der Waals surface area contributed by atoms with Crippen LogP contribution in [0.1, 0.15) is 13.2 Å². The maximum Gasteiger partial charge on any atom is 0.165 e. The average molecular weight is 298 g/mol. The standard InChI is InChI=1S/C11H14N4O4S/c1-4-6(16)7(17)8(18)11(19-4)15-3-14-5-9(15)12-2-13-10(5)20/h2-4,6-8,11,16-18H,1H3,(H,12,13,20)/t4-,6-,7-,8-,11+/m0/s1. The summed E-state index contributed by atoms with van der Waals surface area (Å²) in [6.45, 7) is 1.62. The number of imidazole rings is 1. The van der Waals surface area contributed by atoms with Crippen LogP contribution in [0.3, 0.4) is 0 Å². The first-order valence-corrected chi connectivity index (χ1v) is 6.51. The van der Waals surface area contributed by atoms with Crippen molar-refractivity contribution in [3.8, 4) is 0 Å². The minimum Gasteiger partial charge on any atom is -0.388 e. The van der Waals surface area contributed by atoms with E-state index >= 15 is 0 Å². The molecule has 0 aromatic carbocycles. The average Bonchev–Trinajstić information content (AvgIpc) is 2.86. The Bertz CT molecular complexity index is 686. The predicted molar refractivity (Wildman–Crippen MR) is 70.3 cm³/mol. The molecule has 0 amide bonds. The molecule has 108 valence electrons. The van der Waals surface area contributed by atoms with Crippen LogP contribution in [-0.4, -0.2) is 59.3 Å². The molecule has 0 unspecified atom stereocenters. The van der Waals surface area contributed by atoms with Gasteiger partial charge in [-0.15, -0.1) is 0 Å². The van der Waals surface area contributed by atoms with Crippen molar-refractivity contribution in [3.63, 3.8) is 0 Å². The second kappa shape index (κ2) is 4.86. The van der Waals surface area contributed by atoms with Crippen molar-refractivity contribution < 1.29 is 20.1 Å². The van der Waals surface area contributed by atoms with Crippen LogP contribution >= 0.6 is 12.2 Å². The third-order valence-corrected chi connectivity index (χ3v) is 3.78. The van der Waals surface area contributed by atoms with Crippen LogP contribution in [0, 0.1) is 4.64 Å². The van der Waals surface area contributed by atoms with E-state index in [1.54, 1.807) is 6.92 Å². The SMILES string of the molecule is C[C@@H]1O[C@@H](n2cnc3c(=S)nc[nH]c32)[C@@H](O)[C@@H](O)[C@H]1O. The maximum absolute atomic E-state index is 10.1. The zero-order valence-electron chi connectivity index (χ0n) is 10.5. The molecule has 0 saturated carbocycles. The van der Waals surface area contributed by atoms with Crippen molar-refractivity contribution >= 4 is 23.4 Å². The highest BCUT2D eigenvalue weighted by Gasteiger charge is 2.43. The molecule has 0 radical (unpaired) electrons. The molecule has 5 atom stereocenters. The second-order valence-electron chi connectivity index (χ2n) is 4.76. The van der Waals surface area contributed by atoms with Gasteiger partial charge in [0.05, 0.1) is 18.8 Å². The van der Waals surface area contributed by atoms with Crippen LogP contribution in [-0.2, 0) is 4.74 Å². The van der Waals surface area contributed by atoms with Crippen LogP contribution in [0.15, 0.2) is 12.7 Å². The maximum atomic E-state index is 10.1. The Labute approximate surface area is 118 Å².